The van der Waals surface area contributed by atoms with Gasteiger partial charge in [0.25, 0.3) is 17.7 Å². The third-order valence-electron chi connectivity index (χ3n) is 6.76. The highest BCUT2D eigenvalue weighted by atomic mass is 35.5. The number of esters is 1. The van der Waals surface area contributed by atoms with Gasteiger partial charge in [0.15, 0.2) is 0 Å². The first-order valence-electron chi connectivity index (χ1n) is 13.7. The van der Waals surface area contributed by atoms with E-state index in [1.165, 1.54) is 24.3 Å². The van der Waals surface area contributed by atoms with Crippen LogP contribution in [0.3, 0.4) is 0 Å². The summed E-state index contributed by atoms with van der Waals surface area (Å²) in [5.41, 5.74) is 3.22. The number of carbonyl (C=O) groups is 4. The Labute approximate surface area is 254 Å². The minimum Gasteiger partial charge on any atom is -0.462 e. The molecule has 0 radical (unpaired) electrons. The molecule has 216 valence electrons. The summed E-state index contributed by atoms with van der Waals surface area (Å²) >= 11 is 6.33. The van der Waals surface area contributed by atoms with Gasteiger partial charge in [-0.1, -0.05) is 78.3 Å². The van der Waals surface area contributed by atoms with E-state index in [0.29, 0.717) is 24.3 Å². The van der Waals surface area contributed by atoms with Crippen molar-refractivity contribution in [3.63, 3.8) is 0 Å². The number of carbonyl (C=O) groups excluding carboxylic acids is 4. The standard InChI is InChI=1S/C34H28ClN3O5/c1-2-43-34(42)25-16-18-28(19-17-25)38-32(40)29(35)30(33(38)41)36-27-15-9-14-26(20-27)31(39)37(21-23-10-5-3-6-11-23)22-24-12-7-4-8-13-24/h3-20,36H,2,21-22H2,1H3. The average Bonchev–Trinajstić information content (AvgIpc) is 3.24. The second-order valence-corrected chi connectivity index (χ2v) is 10.1. The monoisotopic (exact) mass is 593 g/mol. The van der Waals surface area contributed by atoms with Gasteiger partial charge in [-0.3, -0.25) is 14.4 Å². The van der Waals surface area contributed by atoms with E-state index < -0.39 is 17.8 Å². The molecule has 0 bridgehead atoms. The van der Waals surface area contributed by atoms with Crippen LogP contribution in [0.4, 0.5) is 11.4 Å². The van der Waals surface area contributed by atoms with Crippen molar-refractivity contribution in [3.8, 4) is 0 Å². The Morgan fingerprint density at radius 2 is 1.37 bits per heavy atom. The number of nitrogens with zero attached hydrogens (tertiary/aromatic N) is 2. The van der Waals surface area contributed by atoms with Crippen molar-refractivity contribution in [2.75, 3.05) is 16.8 Å². The number of benzene rings is 4. The second-order valence-electron chi connectivity index (χ2n) is 9.74. The predicted octanol–water partition coefficient (Wildman–Crippen LogP) is 6.14. The number of nitrogens with one attached hydrogen (secondary N) is 1. The smallest absolute Gasteiger partial charge is 0.338 e. The molecule has 0 atom stereocenters. The van der Waals surface area contributed by atoms with Crippen LogP contribution in [-0.2, 0) is 27.4 Å². The summed E-state index contributed by atoms with van der Waals surface area (Å²) in [6, 6.07) is 32.0. The SMILES string of the molecule is CCOC(=O)c1ccc(N2C(=O)C(Cl)=C(Nc3cccc(C(=O)N(Cc4ccccc4)Cc4ccccc4)c3)C2=O)cc1. The normalized spacial score (nSPS) is 12.8. The number of halogens is 1. The maximum Gasteiger partial charge on any atom is 0.338 e. The van der Waals surface area contributed by atoms with Crippen molar-refractivity contribution in [1.29, 1.82) is 0 Å². The van der Waals surface area contributed by atoms with E-state index in [0.717, 1.165) is 16.0 Å². The van der Waals surface area contributed by atoms with Crippen LogP contribution in [-0.4, -0.2) is 35.2 Å². The third kappa shape index (κ3) is 6.66. The molecule has 0 aliphatic carbocycles. The Morgan fingerprint density at radius 3 is 1.95 bits per heavy atom. The van der Waals surface area contributed by atoms with Gasteiger partial charge in [-0.2, -0.15) is 0 Å². The highest BCUT2D eigenvalue weighted by molar-refractivity contribution is 6.53. The molecule has 3 amide bonds. The molecule has 4 aromatic rings. The molecule has 5 rings (SSSR count). The molecule has 1 heterocycles. The van der Waals surface area contributed by atoms with Gasteiger partial charge in [0.1, 0.15) is 10.7 Å². The van der Waals surface area contributed by atoms with Gasteiger partial charge in [-0.05, 0) is 60.5 Å². The first kappa shape index (κ1) is 29.3. The molecule has 4 aromatic carbocycles. The number of hydrogen-bond donors (Lipinski definition) is 1. The fourth-order valence-corrected chi connectivity index (χ4v) is 4.88. The molecule has 0 saturated heterocycles. The lowest BCUT2D eigenvalue weighted by molar-refractivity contribution is -0.120. The molecule has 0 unspecified atom stereocenters. The summed E-state index contributed by atoms with van der Waals surface area (Å²) < 4.78 is 4.98. The van der Waals surface area contributed by atoms with Crippen molar-refractivity contribution in [3.05, 3.63) is 142 Å². The van der Waals surface area contributed by atoms with Crippen molar-refractivity contribution in [2.45, 2.75) is 20.0 Å². The third-order valence-corrected chi connectivity index (χ3v) is 7.11. The number of hydrogen-bond acceptors (Lipinski definition) is 6. The molecule has 1 aliphatic heterocycles. The van der Waals surface area contributed by atoms with Gasteiger partial charge >= 0.3 is 5.97 Å². The Kier molecular flexibility index (Phi) is 8.98. The molecule has 0 saturated carbocycles. The summed E-state index contributed by atoms with van der Waals surface area (Å²) in [4.78, 5) is 54.7. The predicted molar refractivity (Wildman–Crippen MR) is 164 cm³/mol. The Morgan fingerprint density at radius 1 is 0.767 bits per heavy atom. The molecule has 0 fully saturated rings. The van der Waals surface area contributed by atoms with Crippen molar-refractivity contribution >= 4 is 46.7 Å². The van der Waals surface area contributed by atoms with Crippen molar-refractivity contribution in [1.82, 2.24) is 4.90 Å². The van der Waals surface area contributed by atoms with Crippen LogP contribution < -0.4 is 10.2 Å². The van der Waals surface area contributed by atoms with Crippen LogP contribution in [0.25, 0.3) is 0 Å². The number of imide groups is 1. The second kappa shape index (κ2) is 13.2. The molecule has 0 spiro atoms. The molecule has 43 heavy (non-hydrogen) atoms. The topological polar surface area (TPSA) is 96.0 Å². The summed E-state index contributed by atoms with van der Waals surface area (Å²) in [5.74, 6) is -2.08. The fraction of sp³-hybridized carbons (Fsp3) is 0.118. The van der Waals surface area contributed by atoms with E-state index in [2.05, 4.69) is 5.32 Å². The number of rotatable bonds is 10. The zero-order chi connectivity index (χ0) is 30.3. The minimum absolute atomic E-state index is 0.115. The summed E-state index contributed by atoms with van der Waals surface area (Å²) in [6.07, 6.45) is 0. The molecular formula is C34H28ClN3O5. The van der Waals surface area contributed by atoms with E-state index in [4.69, 9.17) is 16.3 Å². The van der Waals surface area contributed by atoms with Gasteiger partial charge in [-0.15, -0.1) is 0 Å². The molecule has 0 aromatic heterocycles. The summed E-state index contributed by atoms with van der Waals surface area (Å²) in [5, 5.41) is 2.66. The maximum absolute atomic E-state index is 13.8. The van der Waals surface area contributed by atoms with Gasteiger partial charge in [-0.25, -0.2) is 9.69 Å². The Balaban J connectivity index is 1.35. The number of anilines is 2. The first-order chi connectivity index (χ1) is 20.9. The van der Waals surface area contributed by atoms with Gasteiger partial charge < -0.3 is 15.0 Å². The van der Waals surface area contributed by atoms with Crippen LogP contribution in [0, 0.1) is 0 Å². The molecule has 8 nitrogen and oxygen atoms in total. The summed E-state index contributed by atoms with van der Waals surface area (Å²) in [6.45, 7) is 2.73. The maximum atomic E-state index is 13.8. The molecule has 1 N–H and O–H groups in total. The number of ether oxygens (including phenoxy) is 1. The minimum atomic E-state index is -0.706. The quantitative estimate of drug-likeness (QED) is 0.175. The molecule has 1 aliphatic rings. The zero-order valence-electron chi connectivity index (χ0n) is 23.3. The zero-order valence-corrected chi connectivity index (χ0v) is 24.1. The fourth-order valence-electron chi connectivity index (χ4n) is 4.67. The van der Waals surface area contributed by atoms with Crippen LogP contribution >= 0.6 is 11.6 Å². The highest BCUT2D eigenvalue weighted by Crippen LogP contribution is 2.31. The van der Waals surface area contributed by atoms with Gasteiger partial charge in [0.05, 0.1) is 17.9 Å². The van der Waals surface area contributed by atoms with E-state index in [9.17, 15) is 19.2 Å². The van der Waals surface area contributed by atoms with Crippen LogP contribution in [0.5, 0.6) is 0 Å². The summed E-state index contributed by atoms with van der Waals surface area (Å²) in [7, 11) is 0. The van der Waals surface area contributed by atoms with E-state index in [1.54, 1.807) is 36.1 Å². The van der Waals surface area contributed by atoms with E-state index >= 15 is 0 Å². The number of amides is 3. The average molecular weight is 594 g/mol. The van der Waals surface area contributed by atoms with Crippen LogP contribution in [0.1, 0.15) is 38.8 Å². The van der Waals surface area contributed by atoms with Crippen molar-refractivity contribution in [2.24, 2.45) is 0 Å². The van der Waals surface area contributed by atoms with E-state index in [-0.39, 0.29) is 34.5 Å². The largest absolute Gasteiger partial charge is 0.462 e. The lowest BCUT2D eigenvalue weighted by atomic mass is 10.1. The lowest BCUT2D eigenvalue weighted by Gasteiger charge is -2.23. The Bertz CT molecular complexity index is 1650. The Hall–Kier alpha value is -5.21. The molecule has 9 heteroatoms. The van der Waals surface area contributed by atoms with Crippen LogP contribution in [0.2, 0.25) is 0 Å². The van der Waals surface area contributed by atoms with Crippen molar-refractivity contribution < 1.29 is 23.9 Å². The highest BCUT2D eigenvalue weighted by Gasteiger charge is 2.39. The van der Waals surface area contributed by atoms with E-state index in [1.807, 2.05) is 60.7 Å². The van der Waals surface area contributed by atoms with Gasteiger partial charge in [0, 0.05) is 24.3 Å². The lowest BCUT2D eigenvalue weighted by Crippen LogP contribution is -2.32. The van der Waals surface area contributed by atoms with Gasteiger partial charge in [0.2, 0.25) is 0 Å². The molecular weight excluding hydrogens is 566 g/mol. The first-order valence-corrected chi connectivity index (χ1v) is 14.0. The van der Waals surface area contributed by atoms with Crippen LogP contribution in [0.15, 0.2) is 120 Å².